The number of nitrogens with zero attached hydrogens (tertiary/aromatic N) is 1. The summed E-state index contributed by atoms with van der Waals surface area (Å²) in [6.07, 6.45) is 0.599. The number of halogens is 1. The molecule has 1 atom stereocenters. The standard InChI is InChI=1S/C16H12ClN3O2S/c17-10-4-2-1-3-9(10)16(7-18)6-5-8-11(14(19)22)15(20)23-12(8)13(16)21/h1-4H,5-6,20H2,(H2,19,22). The Kier molecular flexibility index (Phi) is 3.63. The fourth-order valence-corrected chi connectivity index (χ4v) is 4.46. The largest absolute Gasteiger partial charge is 0.390 e. The van der Waals surface area contributed by atoms with E-state index in [0.717, 1.165) is 11.3 Å². The Balaban J connectivity index is 2.21. The summed E-state index contributed by atoms with van der Waals surface area (Å²) < 4.78 is 0. The number of rotatable bonds is 2. The molecule has 0 radical (unpaired) electrons. The molecular weight excluding hydrogens is 334 g/mol. The Morgan fingerprint density at radius 2 is 2.09 bits per heavy atom. The van der Waals surface area contributed by atoms with Crippen molar-refractivity contribution in [3.8, 4) is 6.07 Å². The van der Waals surface area contributed by atoms with Crippen LogP contribution >= 0.6 is 22.9 Å². The number of fused-ring (bicyclic) bond motifs is 1. The summed E-state index contributed by atoms with van der Waals surface area (Å²) in [5.41, 5.74) is 11.1. The molecule has 1 amide bonds. The van der Waals surface area contributed by atoms with E-state index < -0.39 is 11.3 Å². The molecule has 0 bridgehead atoms. The maximum Gasteiger partial charge on any atom is 0.251 e. The summed E-state index contributed by atoms with van der Waals surface area (Å²) in [6, 6.07) is 8.95. The number of ketones is 1. The van der Waals surface area contributed by atoms with Crippen molar-refractivity contribution < 1.29 is 9.59 Å². The van der Waals surface area contributed by atoms with Gasteiger partial charge in [0.15, 0.2) is 5.78 Å². The molecule has 1 aliphatic rings. The van der Waals surface area contributed by atoms with Crippen LogP contribution in [0.25, 0.3) is 0 Å². The van der Waals surface area contributed by atoms with Gasteiger partial charge in [-0.3, -0.25) is 9.59 Å². The molecule has 0 aliphatic heterocycles. The summed E-state index contributed by atoms with van der Waals surface area (Å²) in [5, 5.41) is 10.3. The Hall–Kier alpha value is -2.36. The monoisotopic (exact) mass is 345 g/mol. The number of nitriles is 1. The highest BCUT2D eigenvalue weighted by Gasteiger charge is 2.47. The summed E-state index contributed by atoms with van der Waals surface area (Å²) >= 11 is 7.21. The number of amides is 1. The number of carbonyl (C=O) groups is 2. The Labute approximate surface area is 141 Å². The van der Waals surface area contributed by atoms with Crippen molar-refractivity contribution in [2.24, 2.45) is 5.73 Å². The number of nitrogen functional groups attached to an aromatic ring is 1. The minimum atomic E-state index is -1.36. The zero-order chi connectivity index (χ0) is 16.8. The van der Waals surface area contributed by atoms with Gasteiger partial charge in [0.05, 0.1) is 21.5 Å². The van der Waals surface area contributed by atoms with Crippen molar-refractivity contribution in [3.05, 3.63) is 50.9 Å². The maximum atomic E-state index is 13.0. The Morgan fingerprint density at radius 3 is 2.70 bits per heavy atom. The van der Waals surface area contributed by atoms with Crippen molar-refractivity contribution in [3.63, 3.8) is 0 Å². The predicted octanol–water partition coefficient (Wildman–Crippen LogP) is 2.67. The quantitative estimate of drug-likeness (QED) is 0.871. The minimum absolute atomic E-state index is 0.198. The lowest BCUT2D eigenvalue weighted by molar-refractivity contribution is 0.0909. The van der Waals surface area contributed by atoms with Crippen molar-refractivity contribution in [2.75, 3.05) is 5.73 Å². The van der Waals surface area contributed by atoms with Crippen LogP contribution in [0, 0.1) is 11.3 Å². The van der Waals surface area contributed by atoms with Crippen LogP contribution in [0.4, 0.5) is 5.00 Å². The van der Waals surface area contributed by atoms with Gasteiger partial charge in [-0.1, -0.05) is 29.8 Å². The van der Waals surface area contributed by atoms with Gasteiger partial charge in [-0.05, 0) is 30.0 Å². The lowest BCUT2D eigenvalue weighted by Gasteiger charge is -2.30. The maximum absolute atomic E-state index is 13.0. The number of hydrogen-bond donors (Lipinski definition) is 2. The SMILES string of the molecule is N#CC1(c2ccccc2Cl)CCc2c(sc(N)c2C(N)=O)C1=O. The number of primary amides is 1. The summed E-state index contributed by atoms with van der Waals surface area (Å²) in [4.78, 5) is 24.9. The third-order valence-corrected chi connectivity index (χ3v) is 5.54. The summed E-state index contributed by atoms with van der Waals surface area (Å²) in [5.74, 6) is -1.03. The van der Waals surface area contributed by atoms with Gasteiger partial charge < -0.3 is 11.5 Å². The van der Waals surface area contributed by atoms with Gasteiger partial charge in [-0.2, -0.15) is 5.26 Å². The van der Waals surface area contributed by atoms with Crippen LogP contribution in [-0.4, -0.2) is 11.7 Å². The second-order valence-electron chi connectivity index (χ2n) is 5.34. The zero-order valence-electron chi connectivity index (χ0n) is 11.9. The van der Waals surface area contributed by atoms with Gasteiger partial charge in [-0.15, -0.1) is 11.3 Å². The first-order chi connectivity index (χ1) is 10.9. The van der Waals surface area contributed by atoms with E-state index in [4.69, 9.17) is 23.1 Å². The molecule has 5 nitrogen and oxygen atoms in total. The molecule has 1 aromatic heterocycles. The normalized spacial score (nSPS) is 19.9. The first-order valence-electron chi connectivity index (χ1n) is 6.84. The fraction of sp³-hybridized carbons (Fsp3) is 0.188. The highest BCUT2D eigenvalue weighted by molar-refractivity contribution is 7.18. The lowest BCUT2D eigenvalue weighted by Crippen LogP contribution is -2.39. The van der Waals surface area contributed by atoms with Crippen LogP contribution in [-0.2, 0) is 11.8 Å². The van der Waals surface area contributed by atoms with E-state index in [1.54, 1.807) is 24.3 Å². The van der Waals surface area contributed by atoms with Crippen molar-refractivity contribution in [1.82, 2.24) is 0 Å². The topological polar surface area (TPSA) is 110 Å². The van der Waals surface area contributed by atoms with E-state index in [1.807, 2.05) is 0 Å². The second kappa shape index (κ2) is 5.37. The van der Waals surface area contributed by atoms with Gasteiger partial charge in [0.2, 0.25) is 0 Å². The molecule has 1 heterocycles. The Morgan fingerprint density at radius 1 is 1.39 bits per heavy atom. The number of hydrogen-bond acceptors (Lipinski definition) is 5. The predicted molar refractivity (Wildman–Crippen MR) is 88.6 cm³/mol. The fourth-order valence-electron chi connectivity index (χ4n) is 3.03. The van der Waals surface area contributed by atoms with Crippen molar-refractivity contribution in [2.45, 2.75) is 18.3 Å². The number of nitrogens with two attached hydrogens (primary N) is 2. The van der Waals surface area contributed by atoms with Crippen LogP contribution in [0.2, 0.25) is 5.02 Å². The van der Waals surface area contributed by atoms with Gasteiger partial charge in [0.25, 0.3) is 5.91 Å². The van der Waals surface area contributed by atoms with E-state index in [0.29, 0.717) is 27.4 Å². The molecule has 3 rings (SSSR count). The van der Waals surface area contributed by atoms with Gasteiger partial charge in [-0.25, -0.2) is 0 Å². The average molecular weight is 346 g/mol. The third kappa shape index (κ3) is 2.12. The summed E-state index contributed by atoms with van der Waals surface area (Å²) in [7, 11) is 0. The summed E-state index contributed by atoms with van der Waals surface area (Å²) in [6.45, 7) is 0. The number of anilines is 1. The van der Waals surface area contributed by atoms with Crippen LogP contribution < -0.4 is 11.5 Å². The molecular formula is C16H12ClN3O2S. The molecule has 7 heteroatoms. The van der Waals surface area contributed by atoms with Crippen molar-refractivity contribution in [1.29, 1.82) is 5.26 Å². The average Bonchev–Trinajstić information content (AvgIpc) is 2.86. The molecule has 0 fully saturated rings. The molecule has 0 saturated heterocycles. The highest BCUT2D eigenvalue weighted by atomic mass is 35.5. The molecule has 0 saturated carbocycles. The van der Waals surface area contributed by atoms with E-state index >= 15 is 0 Å². The molecule has 23 heavy (non-hydrogen) atoms. The lowest BCUT2D eigenvalue weighted by atomic mass is 9.69. The zero-order valence-corrected chi connectivity index (χ0v) is 13.5. The number of carbonyl (C=O) groups excluding carboxylic acids is 2. The smallest absolute Gasteiger partial charge is 0.251 e. The van der Waals surface area contributed by atoms with E-state index in [9.17, 15) is 14.9 Å². The molecule has 116 valence electrons. The van der Waals surface area contributed by atoms with Crippen molar-refractivity contribution >= 4 is 39.6 Å². The molecule has 1 aliphatic carbocycles. The molecule has 1 unspecified atom stereocenters. The van der Waals surface area contributed by atoms with Gasteiger partial charge in [0, 0.05) is 5.02 Å². The third-order valence-electron chi connectivity index (χ3n) is 4.15. The first-order valence-corrected chi connectivity index (χ1v) is 8.04. The molecule has 2 aromatic rings. The van der Waals surface area contributed by atoms with Gasteiger partial charge >= 0.3 is 0 Å². The van der Waals surface area contributed by atoms with Crippen LogP contribution in [0.3, 0.4) is 0 Å². The van der Waals surface area contributed by atoms with Crippen LogP contribution in [0.15, 0.2) is 24.3 Å². The van der Waals surface area contributed by atoms with Gasteiger partial charge in [0.1, 0.15) is 5.41 Å². The Bertz CT molecular complexity index is 884. The molecule has 0 spiro atoms. The highest BCUT2D eigenvalue weighted by Crippen LogP contribution is 2.45. The second-order valence-corrected chi connectivity index (χ2v) is 6.80. The number of benzene rings is 1. The number of Topliss-reactive ketones (excluding diaryl/α,β-unsaturated/α-hetero) is 1. The molecule has 1 aromatic carbocycles. The van der Waals surface area contributed by atoms with Crippen LogP contribution in [0.1, 0.15) is 37.6 Å². The minimum Gasteiger partial charge on any atom is -0.390 e. The van der Waals surface area contributed by atoms with E-state index in [1.165, 1.54) is 0 Å². The van der Waals surface area contributed by atoms with E-state index in [-0.39, 0.29) is 22.8 Å². The first kappa shape index (κ1) is 15.5. The van der Waals surface area contributed by atoms with E-state index in [2.05, 4.69) is 6.07 Å². The molecule has 4 N–H and O–H groups in total. The van der Waals surface area contributed by atoms with Crippen LogP contribution in [0.5, 0.6) is 0 Å². The number of thiophene rings is 1.